The fourth-order valence-electron chi connectivity index (χ4n) is 3.27. The molecule has 138 valence electrons. The van der Waals surface area contributed by atoms with Gasteiger partial charge in [0.25, 0.3) is 0 Å². The lowest BCUT2D eigenvalue weighted by Crippen LogP contribution is -2.36. The third kappa shape index (κ3) is 6.19. The molecule has 1 fully saturated rings. The Labute approximate surface area is 156 Å². The van der Waals surface area contributed by atoms with Gasteiger partial charge in [-0.2, -0.15) is 0 Å². The van der Waals surface area contributed by atoms with E-state index < -0.39 is 0 Å². The number of rotatable bonds is 8. The maximum Gasteiger partial charge on any atom is 0.238 e. The zero-order chi connectivity index (χ0) is 18.0. The van der Waals surface area contributed by atoms with Gasteiger partial charge in [0.2, 0.25) is 5.91 Å². The summed E-state index contributed by atoms with van der Waals surface area (Å²) in [5.41, 5.74) is 2.16. The molecule has 1 N–H and O–H groups in total. The molecule has 0 bridgehead atoms. The van der Waals surface area contributed by atoms with Crippen molar-refractivity contribution in [3.05, 3.63) is 60.2 Å². The van der Waals surface area contributed by atoms with Crippen LogP contribution in [0.15, 0.2) is 54.6 Å². The second kappa shape index (κ2) is 9.97. The second-order valence-corrected chi connectivity index (χ2v) is 6.85. The Kier molecular flexibility index (Phi) is 7.08. The Bertz CT molecular complexity index is 664. The maximum atomic E-state index is 12.1. The number of piperidine rings is 1. The first-order chi connectivity index (χ1) is 12.8. The van der Waals surface area contributed by atoms with Gasteiger partial charge >= 0.3 is 0 Å². The van der Waals surface area contributed by atoms with Crippen LogP contribution < -0.4 is 10.1 Å². The van der Waals surface area contributed by atoms with Gasteiger partial charge in [-0.1, -0.05) is 36.8 Å². The third-order valence-electron chi connectivity index (χ3n) is 4.68. The van der Waals surface area contributed by atoms with Crippen molar-refractivity contribution in [1.29, 1.82) is 0 Å². The summed E-state index contributed by atoms with van der Waals surface area (Å²) in [6.07, 6.45) is 5.68. The molecule has 0 atom stereocenters. The van der Waals surface area contributed by atoms with Crippen LogP contribution in [0.1, 0.15) is 31.2 Å². The smallest absolute Gasteiger partial charge is 0.238 e. The molecule has 0 saturated carbocycles. The highest BCUT2D eigenvalue weighted by molar-refractivity contribution is 5.92. The lowest BCUT2D eigenvalue weighted by molar-refractivity contribution is -0.117. The Morgan fingerprint density at radius 1 is 0.962 bits per heavy atom. The summed E-state index contributed by atoms with van der Waals surface area (Å²) in [6, 6.07) is 18.1. The summed E-state index contributed by atoms with van der Waals surface area (Å²) < 4.78 is 5.79. The van der Waals surface area contributed by atoms with Crippen LogP contribution >= 0.6 is 0 Å². The SMILES string of the molecule is O=C(CN1CCCCC1)Nc1ccc(OCCCc2ccccc2)cc1. The van der Waals surface area contributed by atoms with Gasteiger partial charge in [-0.25, -0.2) is 0 Å². The van der Waals surface area contributed by atoms with Crippen molar-refractivity contribution in [2.45, 2.75) is 32.1 Å². The largest absolute Gasteiger partial charge is 0.494 e. The number of amides is 1. The predicted molar refractivity (Wildman–Crippen MR) is 106 cm³/mol. The van der Waals surface area contributed by atoms with Crippen LogP contribution in [-0.2, 0) is 11.2 Å². The number of benzene rings is 2. The molecule has 2 aromatic rings. The summed E-state index contributed by atoms with van der Waals surface area (Å²) in [5.74, 6) is 0.899. The highest BCUT2D eigenvalue weighted by atomic mass is 16.5. The Hall–Kier alpha value is -2.33. The lowest BCUT2D eigenvalue weighted by Gasteiger charge is -2.25. The first-order valence-corrected chi connectivity index (χ1v) is 9.58. The molecule has 0 radical (unpaired) electrons. The number of hydrogen-bond donors (Lipinski definition) is 1. The van der Waals surface area contributed by atoms with Crippen LogP contribution in [-0.4, -0.2) is 37.0 Å². The van der Waals surface area contributed by atoms with E-state index in [9.17, 15) is 4.79 Å². The topological polar surface area (TPSA) is 41.6 Å². The molecule has 2 aromatic carbocycles. The molecule has 0 unspecified atom stereocenters. The molecule has 0 aliphatic carbocycles. The van der Waals surface area contributed by atoms with Crippen molar-refractivity contribution in [2.75, 3.05) is 31.6 Å². The summed E-state index contributed by atoms with van der Waals surface area (Å²) in [7, 11) is 0. The van der Waals surface area contributed by atoms with Crippen molar-refractivity contribution in [3.63, 3.8) is 0 Å². The molecule has 26 heavy (non-hydrogen) atoms. The number of anilines is 1. The summed E-state index contributed by atoms with van der Waals surface area (Å²) in [4.78, 5) is 14.4. The van der Waals surface area contributed by atoms with Gasteiger partial charge in [0.1, 0.15) is 5.75 Å². The van der Waals surface area contributed by atoms with E-state index in [2.05, 4.69) is 34.5 Å². The monoisotopic (exact) mass is 352 g/mol. The molecule has 1 saturated heterocycles. The molecule has 0 aromatic heterocycles. The van der Waals surface area contributed by atoms with Crippen LogP contribution in [0.5, 0.6) is 5.75 Å². The number of nitrogens with zero attached hydrogens (tertiary/aromatic N) is 1. The summed E-state index contributed by atoms with van der Waals surface area (Å²) >= 11 is 0. The highest BCUT2D eigenvalue weighted by Gasteiger charge is 2.13. The number of hydrogen-bond acceptors (Lipinski definition) is 3. The minimum atomic E-state index is 0.0587. The Balaban J connectivity index is 1.36. The van der Waals surface area contributed by atoms with E-state index in [0.29, 0.717) is 13.2 Å². The summed E-state index contributed by atoms with van der Waals surface area (Å²) in [6.45, 7) is 3.24. The van der Waals surface area contributed by atoms with Crippen molar-refractivity contribution in [3.8, 4) is 5.75 Å². The second-order valence-electron chi connectivity index (χ2n) is 6.85. The minimum Gasteiger partial charge on any atom is -0.494 e. The van der Waals surface area contributed by atoms with Gasteiger partial charge in [0.15, 0.2) is 0 Å². The normalized spacial score (nSPS) is 14.8. The average Bonchev–Trinajstić information content (AvgIpc) is 2.68. The number of nitrogens with one attached hydrogen (secondary N) is 1. The lowest BCUT2D eigenvalue weighted by atomic mass is 10.1. The zero-order valence-electron chi connectivity index (χ0n) is 15.3. The van der Waals surface area contributed by atoms with Crippen LogP contribution in [0.3, 0.4) is 0 Å². The first-order valence-electron chi connectivity index (χ1n) is 9.58. The number of aryl methyl sites for hydroxylation is 1. The van der Waals surface area contributed by atoms with Crippen molar-refractivity contribution in [1.82, 2.24) is 4.90 Å². The Morgan fingerprint density at radius 3 is 2.42 bits per heavy atom. The molecule has 0 spiro atoms. The van der Waals surface area contributed by atoms with Crippen LogP contribution in [0, 0.1) is 0 Å². The van der Waals surface area contributed by atoms with Crippen LogP contribution in [0.2, 0.25) is 0 Å². The molecule has 1 amide bonds. The molecule has 4 heteroatoms. The fourth-order valence-corrected chi connectivity index (χ4v) is 3.27. The maximum absolute atomic E-state index is 12.1. The Morgan fingerprint density at radius 2 is 1.69 bits per heavy atom. The van der Waals surface area contributed by atoms with E-state index in [1.54, 1.807) is 0 Å². The van der Waals surface area contributed by atoms with E-state index in [1.165, 1.54) is 24.8 Å². The van der Waals surface area contributed by atoms with Gasteiger partial charge in [-0.15, -0.1) is 0 Å². The number of ether oxygens (including phenoxy) is 1. The number of likely N-dealkylation sites (tertiary alicyclic amines) is 1. The van der Waals surface area contributed by atoms with Crippen molar-refractivity contribution in [2.24, 2.45) is 0 Å². The van der Waals surface area contributed by atoms with Gasteiger partial charge in [0.05, 0.1) is 13.2 Å². The molecule has 4 nitrogen and oxygen atoms in total. The fraction of sp³-hybridized carbons (Fsp3) is 0.409. The standard InChI is InChI=1S/C22H28N2O2/c25-22(18-24-15-5-2-6-16-24)23-20-11-13-21(14-12-20)26-17-7-10-19-8-3-1-4-9-19/h1,3-4,8-9,11-14H,2,5-7,10,15-18H2,(H,23,25). The molecule has 1 heterocycles. The van der Waals surface area contributed by atoms with Gasteiger partial charge < -0.3 is 10.1 Å². The van der Waals surface area contributed by atoms with Crippen molar-refractivity contribution >= 4 is 11.6 Å². The van der Waals surface area contributed by atoms with Crippen LogP contribution in [0.4, 0.5) is 5.69 Å². The average molecular weight is 352 g/mol. The molecule has 1 aliphatic rings. The molecule has 3 rings (SSSR count). The quantitative estimate of drug-likeness (QED) is 0.727. The summed E-state index contributed by atoms with van der Waals surface area (Å²) in [5, 5.41) is 2.97. The highest BCUT2D eigenvalue weighted by Crippen LogP contribution is 2.16. The van der Waals surface area contributed by atoms with E-state index >= 15 is 0 Å². The van der Waals surface area contributed by atoms with E-state index in [4.69, 9.17) is 4.74 Å². The molecule has 1 aliphatic heterocycles. The minimum absolute atomic E-state index is 0.0587. The first kappa shape index (κ1) is 18.5. The van der Waals surface area contributed by atoms with Gasteiger partial charge in [-0.05, 0) is 68.6 Å². The van der Waals surface area contributed by atoms with Gasteiger partial charge in [0, 0.05) is 5.69 Å². The van der Waals surface area contributed by atoms with E-state index in [1.807, 2.05) is 30.3 Å². The number of carbonyl (C=O) groups excluding carboxylic acids is 1. The zero-order valence-corrected chi connectivity index (χ0v) is 15.3. The third-order valence-corrected chi connectivity index (χ3v) is 4.68. The van der Waals surface area contributed by atoms with Crippen molar-refractivity contribution < 1.29 is 9.53 Å². The molecular formula is C22H28N2O2. The van der Waals surface area contributed by atoms with E-state index in [0.717, 1.165) is 37.4 Å². The van der Waals surface area contributed by atoms with Crippen LogP contribution in [0.25, 0.3) is 0 Å². The number of carbonyl (C=O) groups is 1. The predicted octanol–water partition coefficient (Wildman–Crippen LogP) is 4.12. The van der Waals surface area contributed by atoms with Gasteiger partial charge in [-0.3, -0.25) is 9.69 Å². The van der Waals surface area contributed by atoms with E-state index in [-0.39, 0.29) is 5.91 Å². The molecular weight excluding hydrogens is 324 g/mol.